The van der Waals surface area contributed by atoms with E-state index in [2.05, 4.69) is 10.6 Å². The normalized spacial score (nSPS) is 29.8. The molecule has 2 fully saturated rings. The lowest BCUT2D eigenvalue weighted by molar-refractivity contribution is -0.132. The van der Waals surface area contributed by atoms with Gasteiger partial charge in [0.1, 0.15) is 6.04 Å². The molecular weight excluding hydrogens is 206 g/mol. The number of likely N-dealkylation sites (N-methyl/N-ethyl adjacent to an activating group) is 1. The van der Waals surface area contributed by atoms with Gasteiger partial charge in [-0.1, -0.05) is 0 Å². The minimum absolute atomic E-state index is 0.0161. The Morgan fingerprint density at radius 2 is 2.38 bits per heavy atom. The molecule has 2 amide bonds. The summed E-state index contributed by atoms with van der Waals surface area (Å²) in [6.07, 6.45) is 2.34. The van der Waals surface area contributed by atoms with Crippen LogP contribution in [0.1, 0.15) is 19.3 Å². The standard InChI is InChI=1S/C11H19N3O2/c1-14-5-3-9(11(14)16)13-10(15)6-8-2-4-12-7-8/h8-9,12H,2-7H2,1H3,(H,13,15). The molecule has 2 N–H and O–H groups in total. The largest absolute Gasteiger partial charge is 0.344 e. The average molecular weight is 225 g/mol. The maximum atomic E-state index is 11.7. The van der Waals surface area contributed by atoms with Crippen molar-refractivity contribution in [3.05, 3.63) is 0 Å². The molecule has 2 aliphatic heterocycles. The Kier molecular flexibility index (Phi) is 3.43. The van der Waals surface area contributed by atoms with Crippen LogP contribution in [0.2, 0.25) is 0 Å². The molecule has 2 atom stereocenters. The number of nitrogens with one attached hydrogen (secondary N) is 2. The molecule has 0 aromatic heterocycles. The van der Waals surface area contributed by atoms with Gasteiger partial charge in [-0.25, -0.2) is 0 Å². The van der Waals surface area contributed by atoms with E-state index in [1.54, 1.807) is 11.9 Å². The van der Waals surface area contributed by atoms with Crippen molar-refractivity contribution in [3.63, 3.8) is 0 Å². The summed E-state index contributed by atoms with van der Waals surface area (Å²) >= 11 is 0. The van der Waals surface area contributed by atoms with Crippen molar-refractivity contribution in [3.8, 4) is 0 Å². The summed E-state index contributed by atoms with van der Waals surface area (Å²) in [5.74, 6) is 0.495. The van der Waals surface area contributed by atoms with Crippen LogP contribution in [-0.4, -0.2) is 49.4 Å². The lowest BCUT2D eigenvalue weighted by Gasteiger charge is -2.13. The molecule has 0 bridgehead atoms. The van der Waals surface area contributed by atoms with Gasteiger partial charge < -0.3 is 15.5 Å². The highest BCUT2D eigenvalue weighted by Crippen LogP contribution is 2.13. The Balaban J connectivity index is 1.76. The molecule has 0 spiro atoms. The Bertz CT molecular complexity index is 287. The zero-order chi connectivity index (χ0) is 11.5. The molecule has 0 aromatic carbocycles. The van der Waals surface area contributed by atoms with Gasteiger partial charge >= 0.3 is 0 Å². The predicted molar refractivity (Wildman–Crippen MR) is 59.8 cm³/mol. The number of carbonyl (C=O) groups is 2. The third-order valence-electron chi connectivity index (χ3n) is 3.40. The summed E-state index contributed by atoms with van der Waals surface area (Å²) < 4.78 is 0. The number of carbonyl (C=O) groups excluding carboxylic acids is 2. The second kappa shape index (κ2) is 4.82. The highest BCUT2D eigenvalue weighted by atomic mass is 16.2. The SMILES string of the molecule is CN1CCC(NC(=O)CC2CCNC2)C1=O. The number of nitrogens with zero attached hydrogens (tertiary/aromatic N) is 1. The smallest absolute Gasteiger partial charge is 0.244 e. The first-order chi connectivity index (χ1) is 7.66. The van der Waals surface area contributed by atoms with Crippen molar-refractivity contribution in [2.24, 2.45) is 5.92 Å². The van der Waals surface area contributed by atoms with Crippen LogP contribution in [0.5, 0.6) is 0 Å². The van der Waals surface area contributed by atoms with Gasteiger partial charge in [0.05, 0.1) is 0 Å². The van der Waals surface area contributed by atoms with Crippen LogP contribution in [-0.2, 0) is 9.59 Å². The maximum absolute atomic E-state index is 11.7. The van der Waals surface area contributed by atoms with Crippen molar-refractivity contribution in [1.29, 1.82) is 0 Å². The molecule has 2 unspecified atom stereocenters. The Morgan fingerprint density at radius 1 is 1.56 bits per heavy atom. The topological polar surface area (TPSA) is 61.4 Å². The maximum Gasteiger partial charge on any atom is 0.244 e. The van der Waals surface area contributed by atoms with E-state index in [0.717, 1.165) is 32.5 Å². The van der Waals surface area contributed by atoms with Crippen LogP contribution in [0.25, 0.3) is 0 Å². The van der Waals surface area contributed by atoms with Crippen LogP contribution in [0.4, 0.5) is 0 Å². The van der Waals surface area contributed by atoms with E-state index in [9.17, 15) is 9.59 Å². The number of likely N-dealkylation sites (tertiary alicyclic amines) is 1. The van der Waals surface area contributed by atoms with Gasteiger partial charge in [-0.15, -0.1) is 0 Å². The van der Waals surface area contributed by atoms with Gasteiger partial charge in [-0.2, -0.15) is 0 Å². The summed E-state index contributed by atoms with van der Waals surface area (Å²) in [5, 5.41) is 6.06. The minimum atomic E-state index is -0.285. The first-order valence-electron chi connectivity index (χ1n) is 5.92. The Labute approximate surface area is 95.6 Å². The van der Waals surface area contributed by atoms with E-state index >= 15 is 0 Å². The molecule has 16 heavy (non-hydrogen) atoms. The lowest BCUT2D eigenvalue weighted by Crippen LogP contribution is -2.41. The van der Waals surface area contributed by atoms with Gasteiger partial charge in [-0.05, 0) is 31.8 Å². The average Bonchev–Trinajstić information content (AvgIpc) is 2.83. The number of hydrogen-bond donors (Lipinski definition) is 2. The van der Waals surface area contributed by atoms with E-state index < -0.39 is 0 Å². The molecule has 2 heterocycles. The molecule has 2 aliphatic rings. The molecular formula is C11H19N3O2. The molecule has 0 saturated carbocycles. The lowest BCUT2D eigenvalue weighted by atomic mass is 10.0. The zero-order valence-electron chi connectivity index (χ0n) is 9.66. The van der Waals surface area contributed by atoms with E-state index in [1.807, 2.05) is 0 Å². The second-order valence-corrected chi connectivity index (χ2v) is 4.73. The summed E-state index contributed by atoms with van der Waals surface area (Å²) in [6.45, 7) is 2.67. The number of hydrogen-bond acceptors (Lipinski definition) is 3. The minimum Gasteiger partial charge on any atom is -0.344 e. The van der Waals surface area contributed by atoms with Crippen LogP contribution < -0.4 is 10.6 Å². The second-order valence-electron chi connectivity index (χ2n) is 4.73. The van der Waals surface area contributed by atoms with Crippen molar-refractivity contribution < 1.29 is 9.59 Å². The third kappa shape index (κ3) is 2.52. The fraction of sp³-hybridized carbons (Fsp3) is 0.818. The molecule has 2 rings (SSSR count). The van der Waals surface area contributed by atoms with E-state index in [1.165, 1.54) is 0 Å². The molecule has 5 nitrogen and oxygen atoms in total. The Hall–Kier alpha value is -1.10. The molecule has 0 radical (unpaired) electrons. The summed E-state index contributed by atoms with van der Waals surface area (Å²) in [6, 6.07) is -0.285. The quantitative estimate of drug-likeness (QED) is 0.670. The first-order valence-corrected chi connectivity index (χ1v) is 5.92. The molecule has 90 valence electrons. The molecule has 5 heteroatoms. The van der Waals surface area contributed by atoms with Gasteiger partial charge in [0.25, 0.3) is 0 Å². The van der Waals surface area contributed by atoms with Gasteiger partial charge in [-0.3, -0.25) is 9.59 Å². The summed E-state index contributed by atoms with van der Waals surface area (Å²) in [5.41, 5.74) is 0. The van der Waals surface area contributed by atoms with Crippen LogP contribution in [0.3, 0.4) is 0 Å². The first kappa shape index (κ1) is 11.4. The zero-order valence-corrected chi connectivity index (χ0v) is 9.66. The molecule has 0 aliphatic carbocycles. The fourth-order valence-corrected chi connectivity index (χ4v) is 2.36. The van der Waals surface area contributed by atoms with E-state index in [4.69, 9.17) is 0 Å². The predicted octanol–water partition coefficient (Wildman–Crippen LogP) is -0.667. The fourth-order valence-electron chi connectivity index (χ4n) is 2.36. The Morgan fingerprint density at radius 3 is 2.94 bits per heavy atom. The van der Waals surface area contributed by atoms with Crippen LogP contribution in [0, 0.1) is 5.92 Å². The highest BCUT2D eigenvalue weighted by Gasteiger charge is 2.30. The number of rotatable bonds is 3. The van der Waals surface area contributed by atoms with Crippen molar-refractivity contribution in [2.75, 3.05) is 26.7 Å². The van der Waals surface area contributed by atoms with E-state index in [0.29, 0.717) is 12.3 Å². The third-order valence-corrected chi connectivity index (χ3v) is 3.40. The van der Waals surface area contributed by atoms with Crippen molar-refractivity contribution in [1.82, 2.24) is 15.5 Å². The van der Waals surface area contributed by atoms with Crippen molar-refractivity contribution in [2.45, 2.75) is 25.3 Å². The number of amides is 2. The molecule has 0 aromatic rings. The van der Waals surface area contributed by atoms with E-state index in [-0.39, 0.29) is 17.9 Å². The summed E-state index contributed by atoms with van der Waals surface area (Å²) in [4.78, 5) is 24.9. The van der Waals surface area contributed by atoms with Gasteiger partial charge in [0.15, 0.2) is 0 Å². The highest BCUT2D eigenvalue weighted by molar-refractivity contribution is 5.89. The monoisotopic (exact) mass is 225 g/mol. The van der Waals surface area contributed by atoms with Crippen LogP contribution in [0.15, 0.2) is 0 Å². The molecule has 2 saturated heterocycles. The van der Waals surface area contributed by atoms with Gasteiger partial charge in [0.2, 0.25) is 11.8 Å². The van der Waals surface area contributed by atoms with Gasteiger partial charge in [0, 0.05) is 20.0 Å². The van der Waals surface area contributed by atoms with Crippen molar-refractivity contribution >= 4 is 11.8 Å². The van der Waals surface area contributed by atoms with Crippen LogP contribution >= 0.6 is 0 Å². The summed E-state index contributed by atoms with van der Waals surface area (Å²) in [7, 11) is 1.77.